The van der Waals surface area contributed by atoms with Crippen LogP contribution in [0.2, 0.25) is 0 Å². The maximum atomic E-state index is 12.1. The van der Waals surface area contributed by atoms with E-state index in [9.17, 15) is 4.79 Å². The zero-order chi connectivity index (χ0) is 24.8. The Balaban J connectivity index is 1.20. The van der Waals surface area contributed by atoms with Crippen molar-refractivity contribution in [2.45, 2.75) is 124 Å². The zero-order valence-electron chi connectivity index (χ0n) is 23.1. The van der Waals surface area contributed by atoms with Crippen molar-refractivity contribution in [2.24, 2.45) is 40.4 Å². The van der Waals surface area contributed by atoms with E-state index in [0.717, 1.165) is 56.0 Å². The van der Waals surface area contributed by atoms with Crippen molar-refractivity contribution in [3.8, 4) is 0 Å². The maximum Gasteiger partial charge on any atom is 0.158 e. The molecule has 1 aliphatic heterocycles. The minimum Gasteiger partial charge on any atom is -0.353 e. The first-order valence-corrected chi connectivity index (χ1v) is 14.8. The first-order valence-electron chi connectivity index (χ1n) is 14.8. The van der Waals surface area contributed by atoms with Crippen LogP contribution in [0.1, 0.15) is 112 Å². The van der Waals surface area contributed by atoms with Gasteiger partial charge in [0.15, 0.2) is 12.1 Å². The molecule has 0 radical (unpaired) electrons. The second-order valence-corrected chi connectivity index (χ2v) is 13.9. The summed E-state index contributed by atoms with van der Waals surface area (Å²) in [5.74, 6) is 4.17. The van der Waals surface area contributed by atoms with E-state index in [2.05, 4.69) is 46.8 Å². The molecule has 0 bridgehead atoms. The van der Waals surface area contributed by atoms with Crippen LogP contribution in [0.15, 0.2) is 23.8 Å². The second-order valence-electron chi connectivity index (χ2n) is 13.9. The molecule has 0 spiro atoms. The van der Waals surface area contributed by atoms with Gasteiger partial charge in [-0.05, 0) is 124 Å². The molecular weight excluding hydrogens is 432 g/mol. The quantitative estimate of drug-likeness (QED) is 0.368. The molecule has 0 aromatic carbocycles. The third-order valence-corrected chi connectivity index (χ3v) is 11.3. The standard InChI is InChI=1S/C32H50O3/c1-22(9-8-17-30(2,3)35-29-10-6-7-20-34-29)26-13-14-27-25-12-11-23-21-24(33)15-18-31(23,4)28(25)16-19-32(26,27)5/h11-12,21-22,25-29H,6-10,13-20H2,1-5H3/t22-,25+,26-,27+,28+,29?,31+,32-/m1/s1. The van der Waals surface area contributed by atoms with Crippen molar-refractivity contribution in [2.75, 3.05) is 6.61 Å². The van der Waals surface area contributed by atoms with Crippen LogP contribution in [0.25, 0.3) is 0 Å². The second kappa shape index (κ2) is 9.75. The predicted octanol–water partition coefficient (Wildman–Crippen LogP) is 8.04. The lowest BCUT2D eigenvalue weighted by Gasteiger charge is -2.56. The summed E-state index contributed by atoms with van der Waals surface area (Å²) in [6.07, 6.45) is 21.2. The largest absolute Gasteiger partial charge is 0.353 e. The van der Waals surface area contributed by atoms with Gasteiger partial charge < -0.3 is 9.47 Å². The van der Waals surface area contributed by atoms with Crippen molar-refractivity contribution in [1.29, 1.82) is 0 Å². The van der Waals surface area contributed by atoms with Gasteiger partial charge in [-0.15, -0.1) is 0 Å². The molecule has 2 saturated carbocycles. The third kappa shape index (κ3) is 4.86. The summed E-state index contributed by atoms with van der Waals surface area (Å²) in [6.45, 7) is 13.0. The lowest BCUT2D eigenvalue weighted by molar-refractivity contribution is -0.217. The van der Waals surface area contributed by atoms with Crippen LogP contribution < -0.4 is 0 Å². The van der Waals surface area contributed by atoms with E-state index < -0.39 is 0 Å². The predicted molar refractivity (Wildman–Crippen MR) is 142 cm³/mol. The number of fused-ring (bicyclic) bond motifs is 5. The van der Waals surface area contributed by atoms with Crippen molar-refractivity contribution in [1.82, 2.24) is 0 Å². The highest BCUT2D eigenvalue weighted by Crippen LogP contribution is 2.66. The van der Waals surface area contributed by atoms with Gasteiger partial charge >= 0.3 is 0 Å². The van der Waals surface area contributed by atoms with E-state index in [1.54, 1.807) is 0 Å². The molecule has 0 amide bonds. The number of carbonyl (C=O) groups excluding carboxylic acids is 1. The summed E-state index contributed by atoms with van der Waals surface area (Å²) >= 11 is 0. The van der Waals surface area contributed by atoms with Crippen molar-refractivity contribution in [3.05, 3.63) is 23.8 Å². The van der Waals surface area contributed by atoms with Crippen LogP contribution in [0.5, 0.6) is 0 Å². The van der Waals surface area contributed by atoms with Gasteiger partial charge in [0, 0.05) is 13.0 Å². The Kier molecular flexibility index (Phi) is 7.16. The van der Waals surface area contributed by atoms with Gasteiger partial charge in [-0.3, -0.25) is 4.79 Å². The molecule has 3 nitrogen and oxygen atoms in total. The highest BCUT2D eigenvalue weighted by atomic mass is 16.7. The molecule has 1 unspecified atom stereocenters. The Morgan fingerprint density at radius 1 is 1.11 bits per heavy atom. The summed E-state index contributed by atoms with van der Waals surface area (Å²) < 4.78 is 12.2. The Bertz CT molecular complexity index is 849. The van der Waals surface area contributed by atoms with E-state index in [1.807, 2.05) is 6.08 Å². The molecule has 4 aliphatic carbocycles. The smallest absolute Gasteiger partial charge is 0.158 e. The van der Waals surface area contributed by atoms with Crippen LogP contribution in [-0.2, 0) is 14.3 Å². The molecule has 196 valence electrons. The molecule has 8 atom stereocenters. The van der Waals surface area contributed by atoms with Crippen LogP contribution in [0, 0.1) is 40.4 Å². The van der Waals surface area contributed by atoms with Crippen molar-refractivity contribution in [3.63, 3.8) is 0 Å². The average Bonchev–Trinajstić information content (AvgIpc) is 3.17. The zero-order valence-corrected chi connectivity index (χ0v) is 23.1. The minimum atomic E-state index is -0.100. The number of rotatable bonds is 7. The van der Waals surface area contributed by atoms with E-state index in [1.165, 1.54) is 56.9 Å². The number of ketones is 1. The first-order chi connectivity index (χ1) is 16.6. The fourth-order valence-electron chi connectivity index (χ4n) is 9.24. The van der Waals surface area contributed by atoms with Gasteiger partial charge in [-0.2, -0.15) is 0 Å². The normalized spacial score (nSPS) is 42.1. The molecule has 3 heteroatoms. The highest BCUT2D eigenvalue weighted by molar-refractivity contribution is 5.92. The lowest BCUT2D eigenvalue weighted by Crippen LogP contribution is -2.49. The van der Waals surface area contributed by atoms with Gasteiger partial charge in [-0.25, -0.2) is 0 Å². The Hall–Kier alpha value is -0.930. The number of carbonyl (C=O) groups is 1. The van der Waals surface area contributed by atoms with Gasteiger partial charge in [-0.1, -0.05) is 45.8 Å². The molecular formula is C32H50O3. The van der Waals surface area contributed by atoms with Gasteiger partial charge in [0.1, 0.15) is 0 Å². The third-order valence-electron chi connectivity index (χ3n) is 11.3. The SMILES string of the molecule is C[C@H](CCCC(C)(C)OC1CCCCO1)[C@H]1CC[C@H]2[C@@H]3C=CC4=CC(=O)CC[C@]4(C)[C@H]3CC[C@]12C. The first kappa shape index (κ1) is 25.7. The number of allylic oxidation sites excluding steroid dienone is 4. The average molecular weight is 483 g/mol. The van der Waals surface area contributed by atoms with E-state index in [-0.39, 0.29) is 17.3 Å². The van der Waals surface area contributed by atoms with E-state index in [0.29, 0.717) is 17.1 Å². The number of hydrogen-bond acceptors (Lipinski definition) is 3. The molecule has 1 heterocycles. The molecule has 0 aromatic heterocycles. The van der Waals surface area contributed by atoms with Gasteiger partial charge in [0.25, 0.3) is 0 Å². The number of ether oxygens (including phenoxy) is 2. The molecule has 0 aromatic rings. The lowest BCUT2D eigenvalue weighted by atomic mass is 9.48. The summed E-state index contributed by atoms with van der Waals surface area (Å²) in [4.78, 5) is 12.1. The monoisotopic (exact) mass is 482 g/mol. The van der Waals surface area contributed by atoms with Crippen molar-refractivity contribution < 1.29 is 14.3 Å². The van der Waals surface area contributed by atoms with Crippen LogP contribution >= 0.6 is 0 Å². The molecule has 5 rings (SSSR count). The topological polar surface area (TPSA) is 35.5 Å². The summed E-state index contributed by atoms with van der Waals surface area (Å²) in [7, 11) is 0. The summed E-state index contributed by atoms with van der Waals surface area (Å²) in [5, 5.41) is 0. The van der Waals surface area contributed by atoms with Gasteiger partial charge in [0.05, 0.1) is 5.60 Å². The fourth-order valence-corrected chi connectivity index (χ4v) is 9.24. The molecule has 1 saturated heterocycles. The van der Waals surface area contributed by atoms with Crippen LogP contribution in [-0.4, -0.2) is 24.3 Å². The Morgan fingerprint density at radius 2 is 1.94 bits per heavy atom. The van der Waals surface area contributed by atoms with Crippen molar-refractivity contribution >= 4 is 5.78 Å². The summed E-state index contributed by atoms with van der Waals surface area (Å²) in [6, 6.07) is 0. The molecule has 3 fully saturated rings. The maximum absolute atomic E-state index is 12.1. The van der Waals surface area contributed by atoms with Gasteiger partial charge in [0.2, 0.25) is 0 Å². The molecule has 0 N–H and O–H groups in total. The van der Waals surface area contributed by atoms with E-state index >= 15 is 0 Å². The molecule has 35 heavy (non-hydrogen) atoms. The highest BCUT2D eigenvalue weighted by Gasteiger charge is 2.58. The fraction of sp³-hybridized carbons (Fsp3) is 0.844. The van der Waals surface area contributed by atoms with E-state index in [4.69, 9.17) is 9.47 Å². The van der Waals surface area contributed by atoms with Crippen LogP contribution in [0.4, 0.5) is 0 Å². The van der Waals surface area contributed by atoms with Crippen LogP contribution in [0.3, 0.4) is 0 Å². The Labute approximate surface area is 214 Å². The minimum absolute atomic E-state index is 0.00362. The molecule has 5 aliphatic rings. The Morgan fingerprint density at radius 3 is 2.71 bits per heavy atom. The summed E-state index contributed by atoms with van der Waals surface area (Å²) in [5.41, 5.74) is 1.91. The number of hydrogen-bond donors (Lipinski definition) is 0.